The molecule has 5 heteroatoms. The van der Waals surface area contributed by atoms with Crippen LogP contribution in [0.1, 0.15) is 42.3 Å². The first-order chi connectivity index (χ1) is 8.65. The summed E-state index contributed by atoms with van der Waals surface area (Å²) in [5.41, 5.74) is 0. The van der Waals surface area contributed by atoms with E-state index in [0.29, 0.717) is 11.4 Å². The van der Waals surface area contributed by atoms with Crippen molar-refractivity contribution in [3.63, 3.8) is 0 Å². The van der Waals surface area contributed by atoms with Gasteiger partial charge in [0, 0.05) is 13.1 Å². The second-order valence-electron chi connectivity index (χ2n) is 4.12. The normalized spacial score (nSPS) is 10.3. The smallest absolute Gasteiger partial charge is 0.305 e. The maximum atomic E-state index is 12.2. The van der Waals surface area contributed by atoms with Crippen LogP contribution >= 0.6 is 11.3 Å². The fourth-order valence-corrected chi connectivity index (χ4v) is 2.35. The molecule has 4 nitrogen and oxygen atoms in total. The average Bonchev–Trinajstić information content (AvgIpc) is 2.86. The Balaban J connectivity index is 2.57. The van der Waals surface area contributed by atoms with Crippen LogP contribution in [0.15, 0.2) is 17.5 Å². The molecule has 0 saturated heterocycles. The summed E-state index contributed by atoms with van der Waals surface area (Å²) >= 11 is 1.39. The first kappa shape index (κ1) is 14.7. The molecule has 100 valence electrons. The van der Waals surface area contributed by atoms with Gasteiger partial charge in [0.25, 0.3) is 5.91 Å². The number of unbranched alkanes of at least 4 members (excludes halogenated alkanes) is 2. The first-order valence-electron chi connectivity index (χ1n) is 6.19. The third-order valence-corrected chi connectivity index (χ3v) is 3.50. The van der Waals surface area contributed by atoms with Crippen LogP contribution in [0.4, 0.5) is 0 Å². The standard InChI is InChI=1S/C13H19NO3S/c1-2-3-4-8-14(9-7-12(15)16)13(17)11-6-5-10-18-11/h5-6,10H,2-4,7-9H2,1H3,(H,15,16). The largest absolute Gasteiger partial charge is 0.481 e. The Morgan fingerprint density at radius 3 is 2.67 bits per heavy atom. The molecule has 18 heavy (non-hydrogen) atoms. The average molecular weight is 269 g/mol. The van der Waals surface area contributed by atoms with Gasteiger partial charge in [-0.15, -0.1) is 11.3 Å². The summed E-state index contributed by atoms with van der Waals surface area (Å²) in [7, 11) is 0. The predicted octanol–water partition coefficient (Wildman–Crippen LogP) is 2.86. The molecule has 0 radical (unpaired) electrons. The Kier molecular flexibility index (Phi) is 6.43. The van der Waals surface area contributed by atoms with Crippen LogP contribution < -0.4 is 0 Å². The molecule has 1 rings (SSSR count). The van der Waals surface area contributed by atoms with E-state index >= 15 is 0 Å². The summed E-state index contributed by atoms with van der Waals surface area (Å²) in [6, 6.07) is 3.61. The fraction of sp³-hybridized carbons (Fsp3) is 0.538. The van der Waals surface area contributed by atoms with Gasteiger partial charge < -0.3 is 10.0 Å². The molecule has 0 bridgehead atoms. The van der Waals surface area contributed by atoms with Gasteiger partial charge in [0.15, 0.2) is 0 Å². The number of thiophene rings is 1. The van der Waals surface area contributed by atoms with Crippen LogP contribution in [0.25, 0.3) is 0 Å². The Morgan fingerprint density at radius 2 is 2.11 bits per heavy atom. The summed E-state index contributed by atoms with van der Waals surface area (Å²) in [6.07, 6.45) is 3.07. The summed E-state index contributed by atoms with van der Waals surface area (Å²) in [5, 5.41) is 10.6. The molecule has 1 amide bonds. The van der Waals surface area contributed by atoms with Gasteiger partial charge in [0.2, 0.25) is 0 Å². The summed E-state index contributed by atoms with van der Waals surface area (Å²) in [6.45, 7) is 3.02. The topological polar surface area (TPSA) is 57.6 Å². The van der Waals surface area contributed by atoms with E-state index in [2.05, 4.69) is 6.92 Å². The molecule has 0 spiro atoms. The number of carbonyl (C=O) groups is 2. The number of carboxylic acid groups (broad SMARTS) is 1. The number of carbonyl (C=O) groups excluding carboxylic acids is 1. The Morgan fingerprint density at radius 1 is 1.33 bits per heavy atom. The Hall–Kier alpha value is -1.36. The highest BCUT2D eigenvalue weighted by Gasteiger charge is 2.16. The van der Waals surface area contributed by atoms with E-state index in [9.17, 15) is 9.59 Å². The first-order valence-corrected chi connectivity index (χ1v) is 7.07. The van der Waals surface area contributed by atoms with Crippen molar-refractivity contribution in [2.24, 2.45) is 0 Å². The summed E-state index contributed by atoms with van der Waals surface area (Å²) < 4.78 is 0. The lowest BCUT2D eigenvalue weighted by Crippen LogP contribution is -2.33. The Labute approximate surface area is 111 Å². The zero-order valence-corrected chi connectivity index (χ0v) is 11.4. The van der Waals surface area contributed by atoms with Crippen molar-refractivity contribution in [3.05, 3.63) is 22.4 Å². The van der Waals surface area contributed by atoms with E-state index in [0.717, 1.165) is 19.3 Å². The maximum absolute atomic E-state index is 12.2. The van der Waals surface area contributed by atoms with Crippen LogP contribution in [-0.4, -0.2) is 35.0 Å². The quantitative estimate of drug-likeness (QED) is 0.738. The van der Waals surface area contributed by atoms with Crippen molar-refractivity contribution in [2.75, 3.05) is 13.1 Å². The van der Waals surface area contributed by atoms with Crippen molar-refractivity contribution in [1.82, 2.24) is 4.90 Å². The monoisotopic (exact) mass is 269 g/mol. The predicted molar refractivity (Wildman–Crippen MR) is 72.0 cm³/mol. The minimum absolute atomic E-state index is 0.00321. The zero-order chi connectivity index (χ0) is 13.4. The second kappa shape index (κ2) is 7.87. The van der Waals surface area contributed by atoms with Gasteiger partial charge in [0.1, 0.15) is 0 Å². The third kappa shape index (κ3) is 4.87. The van der Waals surface area contributed by atoms with E-state index in [1.807, 2.05) is 11.4 Å². The van der Waals surface area contributed by atoms with Gasteiger partial charge in [0.05, 0.1) is 11.3 Å². The molecule has 0 atom stereocenters. The SMILES string of the molecule is CCCCCN(CCC(=O)O)C(=O)c1cccs1. The minimum atomic E-state index is -0.866. The highest BCUT2D eigenvalue weighted by atomic mass is 32.1. The lowest BCUT2D eigenvalue weighted by atomic mass is 10.2. The highest BCUT2D eigenvalue weighted by Crippen LogP contribution is 2.13. The van der Waals surface area contributed by atoms with Crippen LogP contribution in [0.2, 0.25) is 0 Å². The molecular formula is C13H19NO3S. The number of nitrogens with zero attached hydrogens (tertiary/aromatic N) is 1. The molecule has 0 aromatic carbocycles. The number of hydrogen-bond acceptors (Lipinski definition) is 3. The van der Waals surface area contributed by atoms with Gasteiger partial charge in [-0.25, -0.2) is 0 Å². The van der Waals surface area contributed by atoms with Crippen LogP contribution in [0.5, 0.6) is 0 Å². The van der Waals surface area contributed by atoms with Gasteiger partial charge in [-0.3, -0.25) is 9.59 Å². The Bertz CT molecular complexity index is 376. The van der Waals surface area contributed by atoms with Crippen LogP contribution in [0, 0.1) is 0 Å². The molecule has 1 aromatic rings. The minimum Gasteiger partial charge on any atom is -0.481 e. The third-order valence-electron chi connectivity index (χ3n) is 2.65. The van der Waals surface area contributed by atoms with E-state index in [1.54, 1.807) is 11.0 Å². The molecular weight excluding hydrogens is 250 g/mol. The van der Waals surface area contributed by atoms with Crippen molar-refractivity contribution < 1.29 is 14.7 Å². The fourth-order valence-electron chi connectivity index (χ4n) is 1.65. The molecule has 1 aromatic heterocycles. The van der Waals surface area contributed by atoms with Crippen molar-refractivity contribution in [1.29, 1.82) is 0 Å². The number of hydrogen-bond donors (Lipinski definition) is 1. The highest BCUT2D eigenvalue weighted by molar-refractivity contribution is 7.12. The number of amides is 1. The molecule has 0 saturated carbocycles. The summed E-state index contributed by atoms with van der Waals surface area (Å²) in [4.78, 5) is 25.1. The van der Waals surface area contributed by atoms with Crippen LogP contribution in [-0.2, 0) is 4.79 Å². The number of carboxylic acids is 1. The number of aliphatic carboxylic acids is 1. The zero-order valence-electron chi connectivity index (χ0n) is 10.6. The van der Waals surface area contributed by atoms with Gasteiger partial charge in [-0.1, -0.05) is 25.8 Å². The second-order valence-corrected chi connectivity index (χ2v) is 5.07. The van der Waals surface area contributed by atoms with E-state index in [4.69, 9.17) is 5.11 Å². The van der Waals surface area contributed by atoms with Gasteiger partial charge in [-0.05, 0) is 17.9 Å². The van der Waals surface area contributed by atoms with E-state index < -0.39 is 5.97 Å². The van der Waals surface area contributed by atoms with Crippen molar-refractivity contribution >= 4 is 23.2 Å². The number of rotatable bonds is 8. The molecule has 0 aliphatic heterocycles. The summed E-state index contributed by atoms with van der Waals surface area (Å²) in [5.74, 6) is -0.920. The van der Waals surface area contributed by atoms with Gasteiger partial charge >= 0.3 is 5.97 Å². The lowest BCUT2D eigenvalue weighted by molar-refractivity contribution is -0.137. The van der Waals surface area contributed by atoms with Gasteiger partial charge in [-0.2, -0.15) is 0 Å². The van der Waals surface area contributed by atoms with Crippen molar-refractivity contribution in [2.45, 2.75) is 32.6 Å². The van der Waals surface area contributed by atoms with E-state index in [1.165, 1.54) is 11.3 Å². The maximum Gasteiger partial charge on any atom is 0.305 e. The molecule has 1 heterocycles. The molecule has 0 unspecified atom stereocenters. The van der Waals surface area contributed by atoms with Crippen LogP contribution in [0.3, 0.4) is 0 Å². The van der Waals surface area contributed by atoms with E-state index in [-0.39, 0.29) is 18.9 Å². The molecule has 0 aliphatic carbocycles. The molecule has 0 fully saturated rings. The molecule has 1 N–H and O–H groups in total. The lowest BCUT2D eigenvalue weighted by Gasteiger charge is -2.21. The molecule has 0 aliphatic rings. The van der Waals surface area contributed by atoms with Crippen molar-refractivity contribution in [3.8, 4) is 0 Å².